The van der Waals surface area contributed by atoms with E-state index in [2.05, 4.69) is 24.3 Å². The molecule has 0 aliphatic heterocycles. The molecule has 2 aromatic rings. The minimum absolute atomic E-state index is 0.270. The molecule has 1 nitrogen and oxygen atoms in total. The first-order valence-electron chi connectivity index (χ1n) is 6.74. The van der Waals surface area contributed by atoms with Gasteiger partial charge in [-0.1, -0.05) is 48.0 Å². The highest BCUT2D eigenvalue weighted by atomic mass is 35.5. The monoisotopic (exact) mass is 272 g/mol. The molecular formula is C17H17ClO. The van der Waals surface area contributed by atoms with Crippen molar-refractivity contribution in [1.29, 1.82) is 0 Å². The van der Waals surface area contributed by atoms with E-state index in [1.54, 1.807) is 0 Å². The molecule has 0 fully saturated rings. The maximum atomic E-state index is 10.5. The molecule has 0 saturated carbocycles. The zero-order valence-corrected chi connectivity index (χ0v) is 11.5. The number of halogens is 1. The van der Waals surface area contributed by atoms with Crippen LogP contribution in [0.2, 0.25) is 5.02 Å². The fourth-order valence-electron chi connectivity index (χ4n) is 2.99. The predicted molar refractivity (Wildman–Crippen MR) is 78.7 cm³/mol. The van der Waals surface area contributed by atoms with Crippen molar-refractivity contribution in [1.82, 2.24) is 0 Å². The topological polar surface area (TPSA) is 20.2 Å². The zero-order valence-electron chi connectivity index (χ0n) is 10.7. The average Bonchev–Trinajstić information content (AvgIpc) is 2.85. The quantitative estimate of drug-likeness (QED) is 0.896. The first-order chi connectivity index (χ1) is 9.24. The smallest absolute Gasteiger partial charge is 0.0649 e. The van der Waals surface area contributed by atoms with Gasteiger partial charge in [-0.15, -0.1) is 0 Å². The second-order valence-electron chi connectivity index (χ2n) is 5.24. The van der Waals surface area contributed by atoms with Crippen LogP contribution in [0.1, 0.15) is 29.0 Å². The maximum Gasteiger partial charge on any atom is 0.0649 e. The second-order valence-corrected chi connectivity index (χ2v) is 5.68. The standard InChI is InChI=1S/C17H17ClO/c18-14-8-5-12(6-9-14)11-17(19)16-10-7-13-3-1-2-4-15(13)16/h1-6,8-9,16-17,19H,7,10-11H2. The summed E-state index contributed by atoms with van der Waals surface area (Å²) in [7, 11) is 0. The SMILES string of the molecule is OC(Cc1ccc(Cl)cc1)C1CCc2ccccc21. The number of hydrogen-bond acceptors (Lipinski definition) is 1. The van der Waals surface area contributed by atoms with Crippen LogP contribution in [0.5, 0.6) is 0 Å². The van der Waals surface area contributed by atoms with Gasteiger partial charge in [-0.25, -0.2) is 0 Å². The van der Waals surface area contributed by atoms with Crippen LogP contribution in [0, 0.1) is 0 Å². The van der Waals surface area contributed by atoms with Gasteiger partial charge in [0, 0.05) is 10.9 Å². The lowest BCUT2D eigenvalue weighted by Crippen LogP contribution is -2.19. The van der Waals surface area contributed by atoms with E-state index in [1.807, 2.05) is 24.3 Å². The average molecular weight is 273 g/mol. The Balaban J connectivity index is 1.75. The normalized spacial score (nSPS) is 19.2. The van der Waals surface area contributed by atoms with Gasteiger partial charge < -0.3 is 5.11 Å². The third-order valence-electron chi connectivity index (χ3n) is 4.00. The van der Waals surface area contributed by atoms with Crippen LogP contribution in [0.25, 0.3) is 0 Å². The molecule has 0 radical (unpaired) electrons. The Morgan fingerprint density at radius 1 is 1.11 bits per heavy atom. The van der Waals surface area contributed by atoms with Crippen molar-refractivity contribution in [3.05, 3.63) is 70.2 Å². The molecule has 0 bridgehead atoms. The number of aliphatic hydroxyl groups is 1. The highest BCUT2D eigenvalue weighted by molar-refractivity contribution is 6.30. The summed E-state index contributed by atoms with van der Waals surface area (Å²) in [6.07, 6.45) is 2.51. The fourth-order valence-corrected chi connectivity index (χ4v) is 3.12. The van der Waals surface area contributed by atoms with Crippen molar-refractivity contribution in [3.63, 3.8) is 0 Å². The van der Waals surface area contributed by atoms with E-state index >= 15 is 0 Å². The van der Waals surface area contributed by atoms with Gasteiger partial charge in [0.15, 0.2) is 0 Å². The van der Waals surface area contributed by atoms with Gasteiger partial charge in [0.25, 0.3) is 0 Å². The van der Waals surface area contributed by atoms with Crippen LogP contribution in [-0.4, -0.2) is 11.2 Å². The molecule has 0 aromatic heterocycles. The Morgan fingerprint density at radius 3 is 2.63 bits per heavy atom. The largest absolute Gasteiger partial charge is 0.392 e. The molecule has 2 heteroatoms. The third-order valence-corrected chi connectivity index (χ3v) is 4.25. The lowest BCUT2D eigenvalue weighted by molar-refractivity contribution is 0.143. The van der Waals surface area contributed by atoms with Gasteiger partial charge in [-0.3, -0.25) is 0 Å². The summed E-state index contributed by atoms with van der Waals surface area (Å²) in [6, 6.07) is 16.2. The van der Waals surface area contributed by atoms with Crippen LogP contribution in [-0.2, 0) is 12.8 Å². The number of aliphatic hydroxyl groups excluding tert-OH is 1. The molecule has 0 amide bonds. The number of fused-ring (bicyclic) bond motifs is 1. The number of benzene rings is 2. The summed E-state index contributed by atoms with van der Waals surface area (Å²) in [4.78, 5) is 0. The van der Waals surface area contributed by atoms with Gasteiger partial charge >= 0.3 is 0 Å². The molecule has 3 rings (SSSR count). The van der Waals surface area contributed by atoms with E-state index in [4.69, 9.17) is 11.6 Å². The molecule has 19 heavy (non-hydrogen) atoms. The van der Waals surface area contributed by atoms with Crippen LogP contribution in [0.3, 0.4) is 0 Å². The number of hydrogen-bond donors (Lipinski definition) is 1. The molecule has 1 N–H and O–H groups in total. The summed E-state index contributed by atoms with van der Waals surface area (Å²) >= 11 is 5.88. The minimum atomic E-state index is -0.315. The molecule has 0 saturated heterocycles. The van der Waals surface area contributed by atoms with Crippen LogP contribution in [0.4, 0.5) is 0 Å². The summed E-state index contributed by atoms with van der Waals surface area (Å²) in [6.45, 7) is 0. The third kappa shape index (κ3) is 2.68. The number of rotatable bonds is 3. The Kier molecular flexibility index (Phi) is 3.58. The second kappa shape index (κ2) is 5.36. The van der Waals surface area contributed by atoms with E-state index in [1.165, 1.54) is 11.1 Å². The van der Waals surface area contributed by atoms with E-state index in [-0.39, 0.29) is 12.0 Å². The van der Waals surface area contributed by atoms with Crippen molar-refractivity contribution >= 4 is 11.6 Å². The fraction of sp³-hybridized carbons (Fsp3) is 0.294. The lowest BCUT2D eigenvalue weighted by atomic mass is 9.91. The van der Waals surface area contributed by atoms with Gasteiger partial charge in [-0.05, 0) is 48.1 Å². The van der Waals surface area contributed by atoms with Gasteiger partial charge in [-0.2, -0.15) is 0 Å². The Labute approximate surface area is 118 Å². The first-order valence-corrected chi connectivity index (χ1v) is 7.12. The Morgan fingerprint density at radius 2 is 1.84 bits per heavy atom. The number of aryl methyl sites for hydroxylation is 1. The van der Waals surface area contributed by atoms with Crippen molar-refractivity contribution in [2.45, 2.75) is 31.3 Å². The van der Waals surface area contributed by atoms with E-state index < -0.39 is 0 Å². The van der Waals surface area contributed by atoms with Crippen LogP contribution < -0.4 is 0 Å². The molecule has 1 aliphatic rings. The highest BCUT2D eigenvalue weighted by Crippen LogP contribution is 2.36. The molecular weight excluding hydrogens is 256 g/mol. The summed E-state index contributed by atoms with van der Waals surface area (Å²) < 4.78 is 0. The Hall–Kier alpha value is -1.31. The van der Waals surface area contributed by atoms with E-state index in [0.717, 1.165) is 23.4 Å². The molecule has 1 aliphatic carbocycles. The van der Waals surface area contributed by atoms with Gasteiger partial charge in [0.2, 0.25) is 0 Å². The molecule has 2 atom stereocenters. The van der Waals surface area contributed by atoms with Crippen molar-refractivity contribution in [2.75, 3.05) is 0 Å². The van der Waals surface area contributed by atoms with E-state index in [0.29, 0.717) is 6.42 Å². The molecule has 0 heterocycles. The van der Waals surface area contributed by atoms with Crippen molar-refractivity contribution in [2.24, 2.45) is 0 Å². The predicted octanol–water partition coefficient (Wildman–Crippen LogP) is 3.97. The van der Waals surface area contributed by atoms with Crippen molar-refractivity contribution in [3.8, 4) is 0 Å². The zero-order chi connectivity index (χ0) is 13.2. The minimum Gasteiger partial charge on any atom is -0.392 e. The van der Waals surface area contributed by atoms with E-state index in [9.17, 15) is 5.11 Å². The van der Waals surface area contributed by atoms with Gasteiger partial charge in [0.1, 0.15) is 0 Å². The first kappa shape index (κ1) is 12.7. The summed E-state index contributed by atoms with van der Waals surface area (Å²) in [5, 5.41) is 11.2. The van der Waals surface area contributed by atoms with Crippen LogP contribution in [0.15, 0.2) is 48.5 Å². The van der Waals surface area contributed by atoms with Gasteiger partial charge in [0.05, 0.1) is 6.10 Å². The van der Waals surface area contributed by atoms with Crippen LogP contribution >= 0.6 is 11.6 Å². The Bertz CT molecular complexity index is 562. The lowest BCUT2D eigenvalue weighted by Gasteiger charge is -2.19. The molecule has 2 aromatic carbocycles. The molecule has 0 spiro atoms. The molecule has 98 valence electrons. The summed E-state index contributed by atoms with van der Waals surface area (Å²) in [5.74, 6) is 0.270. The molecule has 2 unspecified atom stereocenters. The van der Waals surface area contributed by atoms with Crippen molar-refractivity contribution < 1.29 is 5.11 Å². The highest BCUT2D eigenvalue weighted by Gasteiger charge is 2.28. The maximum absolute atomic E-state index is 10.5. The summed E-state index contributed by atoms with van der Waals surface area (Å²) in [5.41, 5.74) is 3.85.